The highest BCUT2D eigenvalue weighted by molar-refractivity contribution is 5.79. The lowest BCUT2D eigenvalue weighted by atomic mass is 9.81. The number of hydrogen-bond acceptors (Lipinski definition) is 2. The van der Waals surface area contributed by atoms with E-state index in [1.165, 1.54) is 0 Å². The fourth-order valence-corrected chi connectivity index (χ4v) is 2.34. The first-order valence-electron chi connectivity index (χ1n) is 6.21. The van der Waals surface area contributed by atoms with Crippen molar-refractivity contribution in [2.45, 2.75) is 25.9 Å². The van der Waals surface area contributed by atoms with E-state index in [1.807, 2.05) is 36.4 Å². The summed E-state index contributed by atoms with van der Waals surface area (Å²) in [6, 6.07) is 9.53. The first-order chi connectivity index (χ1) is 8.59. The lowest BCUT2D eigenvalue weighted by Gasteiger charge is -2.25. The van der Waals surface area contributed by atoms with Gasteiger partial charge in [-0.15, -0.1) is 0 Å². The predicted molar refractivity (Wildman–Crippen MR) is 72.0 cm³/mol. The number of aliphatic hydroxyl groups is 1. The predicted octanol–water partition coefficient (Wildman–Crippen LogP) is 3.20. The number of rotatable bonds is 3. The minimum atomic E-state index is -0.633. The SMILES string of the molecule is C=C1CC(C(C)=O)CC=C1C(O)c1ccccc1. The van der Waals surface area contributed by atoms with E-state index in [-0.39, 0.29) is 11.7 Å². The highest BCUT2D eigenvalue weighted by atomic mass is 16.3. The maximum atomic E-state index is 11.4. The van der Waals surface area contributed by atoms with Gasteiger partial charge in [0, 0.05) is 5.92 Å². The second-order valence-electron chi connectivity index (χ2n) is 4.82. The Kier molecular flexibility index (Phi) is 3.78. The summed E-state index contributed by atoms with van der Waals surface area (Å²) in [7, 11) is 0. The van der Waals surface area contributed by atoms with Gasteiger partial charge in [-0.25, -0.2) is 0 Å². The first kappa shape index (κ1) is 12.8. The van der Waals surface area contributed by atoms with Gasteiger partial charge in [-0.1, -0.05) is 43.0 Å². The van der Waals surface area contributed by atoms with Gasteiger partial charge in [-0.3, -0.25) is 4.79 Å². The molecule has 2 atom stereocenters. The number of carbonyl (C=O) groups excluding carboxylic acids is 1. The second kappa shape index (κ2) is 5.32. The Morgan fingerprint density at radius 1 is 1.39 bits per heavy atom. The molecule has 0 fully saturated rings. The normalized spacial score (nSPS) is 21.3. The summed E-state index contributed by atoms with van der Waals surface area (Å²) in [6.07, 6.45) is 2.68. The number of aliphatic hydroxyl groups excluding tert-OH is 1. The third kappa shape index (κ3) is 2.59. The molecule has 0 saturated carbocycles. The number of allylic oxidation sites excluding steroid dienone is 1. The van der Waals surface area contributed by atoms with E-state index in [9.17, 15) is 9.90 Å². The highest BCUT2D eigenvalue weighted by Crippen LogP contribution is 2.35. The Labute approximate surface area is 108 Å². The van der Waals surface area contributed by atoms with Crippen LogP contribution < -0.4 is 0 Å². The Morgan fingerprint density at radius 3 is 2.61 bits per heavy atom. The van der Waals surface area contributed by atoms with Crippen molar-refractivity contribution in [3.63, 3.8) is 0 Å². The molecular formula is C16H18O2. The Hall–Kier alpha value is -1.67. The van der Waals surface area contributed by atoms with Crippen molar-refractivity contribution in [1.29, 1.82) is 0 Å². The minimum absolute atomic E-state index is 0.0317. The van der Waals surface area contributed by atoms with E-state index >= 15 is 0 Å². The molecule has 1 N–H and O–H groups in total. The minimum Gasteiger partial charge on any atom is -0.384 e. The first-order valence-corrected chi connectivity index (χ1v) is 6.21. The van der Waals surface area contributed by atoms with Crippen molar-refractivity contribution in [3.8, 4) is 0 Å². The molecule has 0 radical (unpaired) electrons. The molecule has 2 rings (SSSR count). The van der Waals surface area contributed by atoms with Crippen LogP contribution in [0.1, 0.15) is 31.4 Å². The molecule has 0 heterocycles. The van der Waals surface area contributed by atoms with Crippen molar-refractivity contribution in [2.24, 2.45) is 5.92 Å². The van der Waals surface area contributed by atoms with Crippen LogP contribution in [0.25, 0.3) is 0 Å². The summed E-state index contributed by atoms with van der Waals surface area (Å²) in [5.74, 6) is 0.227. The molecule has 94 valence electrons. The van der Waals surface area contributed by atoms with Crippen molar-refractivity contribution < 1.29 is 9.90 Å². The summed E-state index contributed by atoms with van der Waals surface area (Å²) in [6.45, 7) is 5.61. The van der Waals surface area contributed by atoms with Gasteiger partial charge in [-0.05, 0) is 36.5 Å². The summed E-state index contributed by atoms with van der Waals surface area (Å²) < 4.78 is 0. The molecule has 2 heteroatoms. The third-order valence-corrected chi connectivity index (χ3v) is 3.51. The molecule has 1 aliphatic carbocycles. The largest absolute Gasteiger partial charge is 0.384 e. The number of Topliss-reactive ketones (excluding diaryl/α,β-unsaturated/α-hetero) is 1. The van der Waals surface area contributed by atoms with Crippen molar-refractivity contribution in [2.75, 3.05) is 0 Å². The van der Waals surface area contributed by atoms with Gasteiger partial charge in [0.25, 0.3) is 0 Å². The van der Waals surface area contributed by atoms with Gasteiger partial charge >= 0.3 is 0 Å². The third-order valence-electron chi connectivity index (χ3n) is 3.51. The number of carbonyl (C=O) groups is 1. The molecule has 1 aromatic rings. The van der Waals surface area contributed by atoms with E-state index in [1.54, 1.807) is 6.92 Å². The smallest absolute Gasteiger partial charge is 0.133 e. The van der Waals surface area contributed by atoms with Crippen LogP contribution in [0.15, 0.2) is 54.1 Å². The van der Waals surface area contributed by atoms with Gasteiger partial charge in [0.1, 0.15) is 11.9 Å². The maximum Gasteiger partial charge on any atom is 0.133 e. The van der Waals surface area contributed by atoms with Crippen molar-refractivity contribution in [3.05, 3.63) is 59.7 Å². The lowest BCUT2D eigenvalue weighted by Crippen LogP contribution is -2.17. The van der Waals surface area contributed by atoms with Crippen LogP contribution in [0.5, 0.6) is 0 Å². The number of hydrogen-bond donors (Lipinski definition) is 1. The van der Waals surface area contributed by atoms with Gasteiger partial charge in [0.15, 0.2) is 0 Å². The summed E-state index contributed by atoms with van der Waals surface area (Å²) in [5, 5.41) is 10.3. The zero-order valence-corrected chi connectivity index (χ0v) is 10.6. The summed E-state index contributed by atoms with van der Waals surface area (Å²) in [5.41, 5.74) is 2.60. The van der Waals surface area contributed by atoms with Crippen LogP contribution in [0, 0.1) is 5.92 Å². The Morgan fingerprint density at radius 2 is 2.06 bits per heavy atom. The zero-order chi connectivity index (χ0) is 13.1. The van der Waals surface area contributed by atoms with Crippen LogP contribution in [-0.4, -0.2) is 10.9 Å². The number of ketones is 1. The van der Waals surface area contributed by atoms with E-state index < -0.39 is 6.10 Å². The van der Waals surface area contributed by atoms with Crippen LogP contribution in [0.4, 0.5) is 0 Å². The van der Waals surface area contributed by atoms with E-state index in [0.29, 0.717) is 12.8 Å². The molecule has 0 bridgehead atoms. The Bertz CT molecular complexity index is 485. The molecular weight excluding hydrogens is 224 g/mol. The zero-order valence-electron chi connectivity index (χ0n) is 10.6. The molecule has 18 heavy (non-hydrogen) atoms. The topological polar surface area (TPSA) is 37.3 Å². The van der Waals surface area contributed by atoms with Crippen molar-refractivity contribution in [1.82, 2.24) is 0 Å². The van der Waals surface area contributed by atoms with Gasteiger partial charge in [0.05, 0.1) is 0 Å². The van der Waals surface area contributed by atoms with E-state index in [2.05, 4.69) is 6.58 Å². The molecule has 0 aliphatic heterocycles. The Balaban J connectivity index is 2.20. The molecule has 1 aromatic carbocycles. The number of benzene rings is 1. The molecule has 0 aromatic heterocycles. The second-order valence-corrected chi connectivity index (χ2v) is 4.82. The average Bonchev–Trinajstić information content (AvgIpc) is 2.38. The molecule has 0 saturated heterocycles. The molecule has 0 amide bonds. The van der Waals surface area contributed by atoms with Gasteiger partial charge in [0.2, 0.25) is 0 Å². The fourth-order valence-electron chi connectivity index (χ4n) is 2.34. The molecule has 2 unspecified atom stereocenters. The summed E-state index contributed by atoms with van der Waals surface area (Å²) >= 11 is 0. The van der Waals surface area contributed by atoms with Crippen LogP contribution in [0.3, 0.4) is 0 Å². The molecule has 1 aliphatic rings. The highest BCUT2D eigenvalue weighted by Gasteiger charge is 2.25. The summed E-state index contributed by atoms with van der Waals surface area (Å²) in [4.78, 5) is 11.4. The van der Waals surface area contributed by atoms with Crippen LogP contribution in [0.2, 0.25) is 0 Å². The lowest BCUT2D eigenvalue weighted by molar-refractivity contribution is -0.120. The van der Waals surface area contributed by atoms with Crippen molar-refractivity contribution >= 4 is 5.78 Å². The fraction of sp³-hybridized carbons (Fsp3) is 0.312. The monoisotopic (exact) mass is 242 g/mol. The van der Waals surface area contributed by atoms with E-state index in [4.69, 9.17) is 0 Å². The standard InChI is InChI=1S/C16H18O2/c1-11-10-14(12(2)17)8-9-15(11)16(18)13-6-4-3-5-7-13/h3-7,9,14,16,18H,1,8,10H2,2H3. The van der Waals surface area contributed by atoms with Crippen LogP contribution >= 0.6 is 0 Å². The van der Waals surface area contributed by atoms with E-state index in [0.717, 1.165) is 16.7 Å². The van der Waals surface area contributed by atoms with Crippen LogP contribution in [-0.2, 0) is 4.79 Å². The molecule has 2 nitrogen and oxygen atoms in total. The molecule has 0 spiro atoms. The quantitative estimate of drug-likeness (QED) is 0.883. The maximum absolute atomic E-state index is 11.4. The average molecular weight is 242 g/mol. The van der Waals surface area contributed by atoms with Gasteiger partial charge < -0.3 is 5.11 Å². The van der Waals surface area contributed by atoms with Gasteiger partial charge in [-0.2, -0.15) is 0 Å².